The highest BCUT2D eigenvalue weighted by Gasteiger charge is 2.49. The molecule has 2 N–H and O–H groups in total. The fraction of sp³-hybridized carbons (Fsp3) is 0.478. The first-order valence-corrected chi connectivity index (χ1v) is 11.3. The summed E-state index contributed by atoms with van der Waals surface area (Å²) >= 11 is 1.53. The Labute approximate surface area is 174 Å². The highest BCUT2D eigenvalue weighted by molar-refractivity contribution is 7.17. The van der Waals surface area contributed by atoms with Crippen LogP contribution in [0, 0.1) is 17.8 Å². The zero-order valence-electron chi connectivity index (χ0n) is 16.4. The van der Waals surface area contributed by atoms with Gasteiger partial charge < -0.3 is 5.11 Å². The molecule has 1 aromatic carbocycles. The van der Waals surface area contributed by atoms with E-state index in [0.29, 0.717) is 23.8 Å². The van der Waals surface area contributed by atoms with Crippen LogP contribution < -0.4 is 0 Å². The van der Waals surface area contributed by atoms with Crippen molar-refractivity contribution in [2.45, 2.75) is 51.0 Å². The number of carbonyl (C=O) groups is 2. The Morgan fingerprint density at radius 2 is 1.97 bits per heavy atom. The Morgan fingerprint density at radius 3 is 2.76 bits per heavy atom. The van der Waals surface area contributed by atoms with Gasteiger partial charge in [-0.2, -0.15) is 0 Å². The van der Waals surface area contributed by atoms with Crippen molar-refractivity contribution < 1.29 is 19.9 Å². The van der Waals surface area contributed by atoms with Crippen molar-refractivity contribution in [2.75, 3.05) is 0 Å². The van der Waals surface area contributed by atoms with E-state index in [0.717, 1.165) is 47.3 Å². The molecule has 1 amide bonds. The Bertz CT molecular complexity index is 914. The molecule has 3 aliphatic rings. The number of thiophene rings is 1. The van der Waals surface area contributed by atoms with Crippen molar-refractivity contribution in [1.29, 1.82) is 0 Å². The molecule has 1 heterocycles. The van der Waals surface area contributed by atoms with E-state index in [1.54, 1.807) is 0 Å². The number of allylic oxidation sites excluding steroid dienone is 2. The topological polar surface area (TPSA) is 77.8 Å². The van der Waals surface area contributed by atoms with Gasteiger partial charge >= 0.3 is 5.97 Å². The predicted molar refractivity (Wildman–Crippen MR) is 113 cm³/mol. The van der Waals surface area contributed by atoms with Gasteiger partial charge in [0.15, 0.2) is 0 Å². The summed E-state index contributed by atoms with van der Waals surface area (Å²) in [7, 11) is 0. The number of benzene rings is 1. The Kier molecular flexibility index (Phi) is 6.01. The van der Waals surface area contributed by atoms with Crippen molar-refractivity contribution in [2.24, 2.45) is 17.8 Å². The molecule has 3 aliphatic carbocycles. The number of amides is 1. The molecule has 2 aromatic rings. The van der Waals surface area contributed by atoms with Gasteiger partial charge in [-0.25, -0.2) is 5.06 Å². The van der Waals surface area contributed by atoms with Crippen LogP contribution in [0.25, 0.3) is 10.1 Å². The van der Waals surface area contributed by atoms with Crippen molar-refractivity contribution in [3.8, 4) is 0 Å². The molecule has 0 aliphatic heterocycles. The third-order valence-electron chi connectivity index (χ3n) is 6.44. The van der Waals surface area contributed by atoms with Gasteiger partial charge in [0, 0.05) is 21.9 Å². The van der Waals surface area contributed by atoms with E-state index in [-0.39, 0.29) is 24.3 Å². The molecule has 5 nitrogen and oxygen atoms in total. The monoisotopic (exact) mass is 413 g/mol. The number of rotatable bonds is 8. The van der Waals surface area contributed by atoms with Crippen LogP contribution in [0.4, 0.5) is 0 Å². The Balaban J connectivity index is 1.43. The molecule has 0 spiro atoms. The van der Waals surface area contributed by atoms with Gasteiger partial charge in [-0.05, 0) is 62.3 Å². The number of unbranched alkanes of at least 4 members (excludes halogenated alkanes) is 1. The summed E-state index contributed by atoms with van der Waals surface area (Å²) in [5, 5.41) is 23.4. The van der Waals surface area contributed by atoms with Gasteiger partial charge in [-0.1, -0.05) is 30.4 Å². The summed E-state index contributed by atoms with van der Waals surface area (Å²) in [4.78, 5) is 23.7. The minimum atomic E-state index is -0.763. The van der Waals surface area contributed by atoms with Gasteiger partial charge in [0.1, 0.15) is 0 Å². The lowest BCUT2D eigenvalue weighted by Gasteiger charge is -2.52. The van der Waals surface area contributed by atoms with E-state index in [1.807, 2.05) is 35.7 Å². The maximum Gasteiger partial charge on any atom is 0.303 e. The van der Waals surface area contributed by atoms with Crippen molar-refractivity contribution in [3.63, 3.8) is 0 Å². The first-order chi connectivity index (χ1) is 14.0. The van der Waals surface area contributed by atoms with Crippen LogP contribution in [0.15, 0.2) is 41.8 Å². The maximum absolute atomic E-state index is 13.1. The van der Waals surface area contributed by atoms with Gasteiger partial charge in [0.2, 0.25) is 0 Å². The molecule has 6 heteroatoms. The molecule has 154 valence electrons. The molecule has 0 saturated heterocycles. The lowest BCUT2D eigenvalue weighted by molar-refractivity contribution is -0.157. The van der Waals surface area contributed by atoms with Gasteiger partial charge in [0.05, 0.1) is 11.6 Å². The average Bonchev–Trinajstić information content (AvgIpc) is 3.12. The van der Waals surface area contributed by atoms with Crippen molar-refractivity contribution in [3.05, 3.63) is 47.4 Å². The number of carboxylic acid groups (broad SMARTS) is 1. The predicted octanol–water partition coefficient (Wildman–Crippen LogP) is 5.35. The van der Waals surface area contributed by atoms with Crippen LogP contribution in [-0.4, -0.2) is 33.3 Å². The summed E-state index contributed by atoms with van der Waals surface area (Å²) in [6, 6.07) is 7.66. The molecular weight excluding hydrogens is 386 g/mol. The second kappa shape index (κ2) is 8.67. The number of hydroxylamine groups is 2. The number of carbonyl (C=O) groups excluding carboxylic acids is 1. The van der Waals surface area contributed by atoms with Crippen LogP contribution in [0.2, 0.25) is 0 Å². The lowest BCUT2D eigenvalue weighted by Crippen LogP contribution is -2.55. The van der Waals surface area contributed by atoms with E-state index >= 15 is 0 Å². The number of nitrogens with zero attached hydrogens (tertiary/aromatic N) is 1. The van der Waals surface area contributed by atoms with E-state index in [9.17, 15) is 14.8 Å². The summed E-state index contributed by atoms with van der Waals surface area (Å²) in [6.45, 7) is 0. The van der Waals surface area contributed by atoms with Crippen LogP contribution in [0.1, 0.15) is 55.3 Å². The zero-order valence-corrected chi connectivity index (χ0v) is 17.2. The van der Waals surface area contributed by atoms with Crippen LogP contribution in [0.3, 0.4) is 0 Å². The third-order valence-corrected chi connectivity index (χ3v) is 7.41. The average molecular weight is 414 g/mol. The van der Waals surface area contributed by atoms with Gasteiger partial charge in [-0.15, -0.1) is 11.3 Å². The first-order valence-electron chi connectivity index (χ1n) is 10.4. The normalized spacial score (nSPS) is 25.8. The van der Waals surface area contributed by atoms with E-state index in [2.05, 4.69) is 6.08 Å². The first kappa shape index (κ1) is 20.1. The lowest BCUT2D eigenvalue weighted by atomic mass is 9.58. The van der Waals surface area contributed by atoms with E-state index in [4.69, 9.17) is 5.11 Å². The molecule has 5 rings (SSSR count). The van der Waals surface area contributed by atoms with Gasteiger partial charge in [-0.3, -0.25) is 14.8 Å². The van der Waals surface area contributed by atoms with E-state index in [1.165, 1.54) is 11.3 Å². The number of hydrogen-bond donors (Lipinski definition) is 2. The molecule has 2 bridgehead atoms. The summed E-state index contributed by atoms with van der Waals surface area (Å²) in [6.07, 6.45) is 9.76. The Hall–Kier alpha value is -2.18. The SMILES string of the molecule is O=C(O)CCC/C=C\C[C@@H]1CC2CC(C2)[C@H]1N(O)C(=O)c1csc2ccccc12. The largest absolute Gasteiger partial charge is 0.481 e. The van der Waals surface area contributed by atoms with Crippen molar-refractivity contribution >= 4 is 33.3 Å². The second-order valence-electron chi connectivity index (χ2n) is 8.37. The van der Waals surface area contributed by atoms with Crippen LogP contribution in [0.5, 0.6) is 0 Å². The minimum Gasteiger partial charge on any atom is -0.481 e. The molecule has 2 atom stereocenters. The summed E-state index contributed by atoms with van der Waals surface area (Å²) in [5.74, 6) is 0.279. The summed E-state index contributed by atoms with van der Waals surface area (Å²) < 4.78 is 1.05. The molecule has 0 radical (unpaired) electrons. The number of aliphatic carboxylic acids is 1. The quantitative estimate of drug-likeness (QED) is 0.265. The highest BCUT2D eigenvalue weighted by atomic mass is 32.1. The molecule has 1 aromatic heterocycles. The third kappa shape index (κ3) is 4.23. The maximum atomic E-state index is 13.1. The fourth-order valence-corrected chi connectivity index (χ4v) is 5.94. The highest BCUT2D eigenvalue weighted by Crippen LogP contribution is 2.51. The fourth-order valence-electron chi connectivity index (χ4n) is 5.01. The molecule has 3 fully saturated rings. The van der Waals surface area contributed by atoms with Crippen LogP contribution >= 0.6 is 11.3 Å². The second-order valence-corrected chi connectivity index (χ2v) is 9.28. The standard InChI is InChI=1S/C23H27NO4S/c25-21(26)10-4-2-1-3-7-16-11-15-12-17(13-15)22(16)24(28)23(27)19-14-29-20-9-6-5-8-18(19)20/h1,3,5-6,8-9,14-17,22,28H,2,4,7,10-13H2,(H,25,26)/b3-1-/t15?,16-,17?,22+/m1/s1. The van der Waals surface area contributed by atoms with Gasteiger partial charge in [0.25, 0.3) is 5.91 Å². The molecule has 3 saturated carbocycles. The van der Waals surface area contributed by atoms with Crippen LogP contribution in [-0.2, 0) is 4.79 Å². The number of hydrogen-bond acceptors (Lipinski definition) is 4. The minimum absolute atomic E-state index is 0.144. The number of carboxylic acids is 1. The molecule has 0 unspecified atom stereocenters. The Morgan fingerprint density at radius 1 is 1.17 bits per heavy atom. The summed E-state index contributed by atoms with van der Waals surface area (Å²) in [5.41, 5.74) is 0.581. The zero-order chi connectivity index (χ0) is 20.4. The molecular formula is C23H27NO4S. The van der Waals surface area contributed by atoms with E-state index < -0.39 is 5.97 Å². The smallest absolute Gasteiger partial charge is 0.303 e. The molecule has 29 heavy (non-hydrogen) atoms. The van der Waals surface area contributed by atoms with Crippen molar-refractivity contribution in [1.82, 2.24) is 5.06 Å². The number of fused-ring (bicyclic) bond motifs is 3.